The first kappa shape index (κ1) is 13.1. The van der Waals surface area contributed by atoms with Gasteiger partial charge in [0.2, 0.25) is 5.89 Å². The van der Waals surface area contributed by atoms with Gasteiger partial charge in [0, 0.05) is 18.5 Å². The molecule has 2 aliphatic rings. The van der Waals surface area contributed by atoms with Gasteiger partial charge in [-0.1, -0.05) is 5.16 Å². The maximum absolute atomic E-state index is 5.41. The van der Waals surface area contributed by atoms with Crippen LogP contribution in [0.5, 0.6) is 0 Å². The van der Waals surface area contributed by atoms with Crippen molar-refractivity contribution in [1.82, 2.24) is 20.4 Å². The van der Waals surface area contributed by atoms with Crippen LogP contribution < -0.4 is 5.32 Å². The predicted molar refractivity (Wildman–Crippen MR) is 72.8 cm³/mol. The van der Waals surface area contributed by atoms with Crippen LogP contribution in [0.3, 0.4) is 0 Å². The Kier molecular flexibility index (Phi) is 3.84. The summed E-state index contributed by atoms with van der Waals surface area (Å²) in [6, 6.07) is 1.48. The zero-order chi connectivity index (χ0) is 13.2. The van der Waals surface area contributed by atoms with Crippen LogP contribution in [0.25, 0.3) is 0 Å². The van der Waals surface area contributed by atoms with Gasteiger partial charge in [-0.3, -0.25) is 4.90 Å². The summed E-state index contributed by atoms with van der Waals surface area (Å²) in [6.07, 6.45) is 5.78. The van der Waals surface area contributed by atoms with Crippen LogP contribution in [-0.4, -0.2) is 40.2 Å². The molecule has 2 unspecified atom stereocenters. The van der Waals surface area contributed by atoms with Crippen LogP contribution >= 0.6 is 0 Å². The Bertz CT molecular complexity index is 411. The van der Waals surface area contributed by atoms with Crippen LogP contribution in [-0.2, 0) is 6.42 Å². The minimum absolute atomic E-state index is 0.283. The molecule has 0 bridgehead atoms. The fourth-order valence-electron chi connectivity index (χ4n) is 3.36. The van der Waals surface area contributed by atoms with E-state index in [1.165, 1.54) is 25.8 Å². The molecule has 2 saturated heterocycles. The highest BCUT2D eigenvalue weighted by Crippen LogP contribution is 2.24. The van der Waals surface area contributed by atoms with E-state index >= 15 is 0 Å². The Morgan fingerprint density at radius 2 is 2.26 bits per heavy atom. The molecule has 3 rings (SSSR count). The lowest BCUT2D eigenvalue weighted by Crippen LogP contribution is -2.36. The number of nitrogens with zero attached hydrogens (tertiary/aromatic N) is 3. The number of aromatic nitrogens is 2. The molecule has 1 aromatic rings. The van der Waals surface area contributed by atoms with E-state index in [0.29, 0.717) is 12.1 Å². The summed E-state index contributed by atoms with van der Waals surface area (Å²) < 4.78 is 5.41. The van der Waals surface area contributed by atoms with Crippen molar-refractivity contribution in [2.24, 2.45) is 0 Å². The smallest absolute Gasteiger partial charge is 0.243 e. The molecule has 1 N–H and O–H groups in total. The van der Waals surface area contributed by atoms with Crippen LogP contribution in [0.1, 0.15) is 57.3 Å². The van der Waals surface area contributed by atoms with E-state index < -0.39 is 0 Å². The SMILES string of the molecule is CC(C)N1CCCC1Cc1noc(C2CCCN2)n1. The topological polar surface area (TPSA) is 54.2 Å². The largest absolute Gasteiger partial charge is 0.338 e. The summed E-state index contributed by atoms with van der Waals surface area (Å²) in [5.74, 6) is 1.66. The van der Waals surface area contributed by atoms with Gasteiger partial charge in [-0.05, 0) is 52.6 Å². The van der Waals surface area contributed by atoms with Crippen molar-refractivity contribution in [1.29, 1.82) is 0 Å². The lowest BCUT2D eigenvalue weighted by atomic mass is 10.1. The summed E-state index contributed by atoms with van der Waals surface area (Å²) in [5.41, 5.74) is 0. The molecule has 2 atom stereocenters. The Labute approximate surface area is 114 Å². The maximum atomic E-state index is 5.41. The fourth-order valence-corrected chi connectivity index (χ4v) is 3.36. The number of hydrogen-bond donors (Lipinski definition) is 1. The van der Waals surface area contributed by atoms with Crippen LogP contribution in [0.4, 0.5) is 0 Å². The summed E-state index contributed by atoms with van der Waals surface area (Å²) in [7, 11) is 0. The maximum Gasteiger partial charge on any atom is 0.243 e. The summed E-state index contributed by atoms with van der Waals surface area (Å²) >= 11 is 0. The van der Waals surface area contributed by atoms with Crippen molar-refractivity contribution >= 4 is 0 Å². The van der Waals surface area contributed by atoms with Gasteiger partial charge in [0.1, 0.15) is 0 Å². The average molecular weight is 264 g/mol. The van der Waals surface area contributed by atoms with Gasteiger partial charge in [-0.2, -0.15) is 4.98 Å². The molecular weight excluding hydrogens is 240 g/mol. The van der Waals surface area contributed by atoms with E-state index in [1.54, 1.807) is 0 Å². The van der Waals surface area contributed by atoms with Crippen molar-refractivity contribution in [2.75, 3.05) is 13.1 Å². The normalized spacial score (nSPS) is 28.6. The van der Waals surface area contributed by atoms with Crippen molar-refractivity contribution in [2.45, 2.75) is 64.1 Å². The molecule has 5 heteroatoms. The van der Waals surface area contributed by atoms with Crippen molar-refractivity contribution in [3.8, 4) is 0 Å². The lowest BCUT2D eigenvalue weighted by Gasteiger charge is -2.27. The third-order valence-electron chi connectivity index (χ3n) is 4.35. The third kappa shape index (κ3) is 2.82. The quantitative estimate of drug-likeness (QED) is 0.900. The Hall–Kier alpha value is -0.940. The van der Waals surface area contributed by atoms with E-state index in [9.17, 15) is 0 Å². The van der Waals surface area contributed by atoms with Gasteiger partial charge in [-0.15, -0.1) is 0 Å². The van der Waals surface area contributed by atoms with E-state index in [4.69, 9.17) is 4.52 Å². The van der Waals surface area contributed by atoms with Gasteiger partial charge in [0.15, 0.2) is 5.82 Å². The Balaban J connectivity index is 1.63. The molecule has 0 aliphatic carbocycles. The zero-order valence-electron chi connectivity index (χ0n) is 11.9. The van der Waals surface area contributed by atoms with Gasteiger partial charge < -0.3 is 9.84 Å². The van der Waals surface area contributed by atoms with Gasteiger partial charge in [0.25, 0.3) is 0 Å². The molecule has 1 aromatic heterocycles. The lowest BCUT2D eigenvalue weighted by molar-refractivity contribution is 0.200. The molecule has 2 fully saturated rings. The first-order valence-corrected chi connectivity index (χ1v) is 7.55. The zero-order valence-corrected chi connectivity index (χ0v) is 11.9. The second-order valence-corrected chi connectivity index (χ2v) is 6.03. The Morgan fingerprint density at radius 3 is 3.00 bits per heavy atom. The first-order valence-electron chi connectivity index (χ1n) is 7.55. The van der Waals surface area contributed by atoms with Crippen molar-refractivity contribution < 1.29 is 4.52 Å². The number of hydrogen-bond acceptors (Lipinski definition) is 5. The monoisotopic (exact) mass is 264 g/mol. The molecule has 0 amide bonds. The van der Waals surface area contributed by atoms with Gasteiger partial charge in [0.05, 0.1) is 6.04 Å². The molecule has 2 aliphatic heterocycles. The fraction of sp³-hybridized carbons (Fsp3) is 0.857. The van der Waals surface area contributed by atoms with Crippen molar-refractivity contribution in [3.05, 3.63) is 11.7 Å². The van der Waals surface area contributed by atoms with Crippen LogP contribution in [0, 0.1) is 0 Å². The molecular formula is C14H24N4O. The first-order chi connectivity index (χ1) is 9.24. The molecule has 3 heterocycles. The molecule has 0 aromatic carbocycles. The second kappa shape index (κ2) is 5.59. The molecule has 19 heavy (non-hydrogen) atoms. The summed E-state index contributed by atoms with van der Waals surface area (Å²) in [4.78, 5) is 7.14. The minimum Gasteiger partial charge on any atom is -0.338 e. The highest BCUT2D eigenvalue weighted by Gasteiger charge is 2.29. The van der Waals surface area contributed by atoms with E-state index in [1.807, 2.05) is 0 Å². The third-order valence-corrected chi connectivity index (χ3v) is 4.35. The molecule has 5 nitrogen and oxygen atoms in total. The van der Waals surface area contributed by atoms with Gasteiger partial charge in [-0.25, -0.2) is 0 Å². The second-order valence-electron chi connectivity index (χ2n) is 6.03. The molecule has 0 spiro atoms. The van der Waals surface area contributed by atoms with Crippen LogP contribution in [0.2, 0.25) is 0 Å². The van der Waals surface area contributed by atoms with Crippen LogP contribution in [0.15, 0.2) is 4.52 Å². The highest BCUT2D eigenvalue weighted by atomic mass is 16.5. The molecule has 0 saturated carbocycles. The van der Waals surface area contributed by atoms with Crippen molar-refractivity contribution in [3.63, 3.8) is 0 Å². The average Bonchev–Trinajstić information content (AvgIpc) is 3.09. The van der Waals surface area contributed by atoms with E-state index in [-0.39, 0.29) is 6.04 Å². The predicted octanol–water partition coefficient (Wildman–Crippen LogP) is 1.91. The highest BCUT2D eigenvalue weighted by molar-refractivity contribution is 4.98. The van der Waals surface area contributed by atoms with E-state index in [0.717, 1.165) is 31.1 Å². The summed E-state index contributed by atoms with van der Waals surface area (Å²) in [5, 5.41) is 7.57. The number of nitrogens with one attached hydrogen (secondary N) is 1. The van der Waals surface area contributed by atoms with E-state index in [2.05, 4.69) is 34.2 Å². The number of likely N-dealkylation sites (tertiary alicyclic amines) is 1. The van der Waals surface area contributed by atoms with Gasteiger partial charge >= 0.3 is 0 Å². The minimum atomic E-state index is 0.283. The number of rotatable bonds is 4. The standard InChI is InChI=1S/C14H24N4O/c1-10(2)18-8-4-5-11(18)9-13-16-14(19-17-13)12-6-3-7-15-12/h10-12,15H,3-9H2,1-2H3. The summed E-state index contributed by atoms with van der Waals surface area (Å²) in [6.45, 7) is 6.80. The Morgan fingerprint density at radius 1 is 1.37 bits per heavy atom. The molecule has 106 valence electrons. The molecule has 0 radical (unpaired) electrons.